The Morgan fingerprint density at radius 3 is 2.73 bits per heavy atom. The van der Waals surface area contributed by atoms with Gasteiger partial charge in [0.25, 0.3) is 0 Å². The zero-order valence-electron chi connectivity index (χ0n) is 7.56. The van der Waals surface area contributed by atoms with Crippen molar-refractivity contribution >= 4 is 11.6 Å². The Balaban J connectivity index is 3.56. The molecule has 0 radical (unpaired) electrons. The summed E-state index contributed by atoms with van der Waals surface area (Å²) >= 11 is 5.95. The molecule has 2 heteroatoms. The van der Waals surface area contributed by atoms with Crippen LogP contribution in [0.2, 0.25) is 0 Å². The number of methoxy groups -OCH3 is 1. The van der Waals surface area contributed by atoms with E-state index in [4.69, 9.17) is 16.3 Å². The summed E-state index contributed by atoms with van der Waals surface area (Å²) in [5.41, 5.74) is 1.35. The molecule has 0 aliphatic rings. The van der Waals surface area contributed by atoms with Crippen LogP contribution in [0.25, 0.3) is 0 Å². The number of hydrogen-bond acceptors (Lipinski definition) is 1. The van der Waals surface area contributed by atoms with Crippen LogP contribution >= 0.6 is 11.6 Å². The minimum atomic E-state index is 0.128. The molecule has 1 nitrogen and oxygen atoms in total. The summed E-state index contributed by atoms with van der Waals surface area (Å²) < 4.78 is 4.92. The molecule has 0 heterocycles. The minimum Gasteiger partial charge on any atom is -0.383 e. The fourth-order valence-electron chi connectivity index (χ4n) is 1.02. The fourth-order valence-corrected chi connectivity index (χ4v) is 1.39. The summed E-state index contributed by atoms with van der Waals surface area (Å²) in [4.78, 5) is 0. The van der Waals surface area contributed by atoms with Crippen LogP contribution in [-0.2, 0) is 4.74 Å². The third-order valence-electron chi connectivity index (χ3n) is 1.44. The van der Waals surface area contributed by atoms with Crippen molar-refractivity contribution in [3.63, 3.8) is 0 Å². The Morgan fingerprint density at radius 1 is 1.64 bits per heavy atom. The Bertz CT molecular complexity index is 121. The molecule has 0 saturated heterocycles. The molecular weight excluding hydrogens is 160 g/mol. The molecule has 66 valence electrons. The van der Waals surface area contributed by atoms with E-state index in [2.05, 4.69) is 19.9 Å². The van der Waals surface area contributed by atoms with Gasteiger partial charge in [-0.25, -0.2) is 0 Å². The number of halogens is 1. The van der Waals surface area contributed by atoms with Crippen molar-refractivity contribution < 1.29 is 4.74 Å². The lowest BCUT2D eigenvalue weighted by Gasteiger charge is -2.07. The SMILES string of the molecule is CCC=C(C)CC(Cl)COC. The molecular formula is C9H17ClO. The molecule has 0 amide bonds. The number of alkyl halides is 1. The van der Waals surface area contributed by atoms with E-state index in [1.54, 1.807) is 7.11 Å². The normalized spacial score (nSPS) is 15.1. The number of allylic oxidation sites excluding steroid dienone is 2. The average Bonchev–Trinajstić information content (AvgIpc) is 1.87. The van der Waals surface area contributed by atoms with Crippen LogP contribution in [0.3, 0.4) is 0 Å². The first kappa shape index (κ1) is 11.0. The van der Waals surface area contributed by atoms with Gasteiger partial charge in [0.15, 0.2) is 0 Å². The van der Waals surface area contributed by atoms with E-state index >= 15 is 0 Å². The van der Waals surface area contributed by atoms with Crippen molar-refractivity contribution in [2.45, 2.75) is 32.1 Å². The Hall–Kier alpha value is -0.0100. The van der Waals surface area contributed by atoms with Gasteiger partial charge in [0.1, 0.15) is 0 Å². The van der Waals surface area contributed by atoms with Crippen LogP contribution < -0.4 is 0 Å². The first-order valence-corrected chi connectivity index (χ1v) is 4.43. The van der Waals surface area contributed by atoms with Gasteiger partial charge in [0, 0.05) is 7.11 Å². The number of hydrogen-bond donors (Lipinski definition) is 0. The smallest absolute Gasteiger partial charge is 0.0629 e. The maximum Gasteiger partial charge on any atom is 0.0629 e. The lowest BCUT2D eigenvalue weighted by atomic mass is 10.1. The summed E-state index contributed by atoms with van der Waals surface area (Å²) in [6.45, 7) is 4.87. The van der Waals surface area contributed by atoms with Crippen LogP contribution in [-0.4, -0.2) is 19.1 Å². The van der Waals surface area contributed by atoms with Gasteiger partial charge in [-0.15, -0.1) is 11.6 Å². The van der Waals surface area contributed by atoms with E-state index in [1.165, 1.54) is 5.57 Å². The van der Waals surface area contributed by atoms with Crippen LogP contribution in [0, 0.1) is 0 Å². The minimum absolute atomic E-state index is 0.128. The second-order valence-electron chi connectivity index (χ2n) is 2.72. The predicted molar refractivity (Wildman–Crippen MR) is 50.2 cm³/mol. The van der Waals surface area contributed by atoms with E-state index in [0.717, 1.165) is 12.8 Å². The second kappa shape index (κ2) is 6.68. The molecule has 0 aromatic heterocycles. The highest BCUT2D eigenvalue weighted by atomic mass is 35.5. The Labute approximate surface area is 74.4 Å². The summed E-state index contributed by atoms with van der Waals surface area (Å²) in [5, 5.41) is 0.128. The van der Waals surface area contributed by atoms with Crippen molar-refractivity contribution in [2.75, 3.05) is 13.7 Å². The molecule has 0 aromatic carbocycles. The number of ether oxygens (including phenoxy) is 1. The summed E-state index contributed by atoms with van der Waals surface area (Å²) in [6, 6.07) is 0. The molecule has 0 spiro atoms. The lowest BCUT2D eigenvalue weighted by Crippen LogP contribution is -2.07. The van der Waals surface area contributed by atoms with Crippen molar-refractivity contribution in [3.05, 3.63) is 11.6 Å². The zero-order chi connectivity index (χ0) is 8.69. The highest BCUT2D eigenvalue weighted by molar-refractivity contribution is 6.20. The Morgan fingerprint density at radius 2 is 2.27 bits per heavy atom. The van der Waals surface area contributed by atoms with Crippen LogP contribution in [0.4, 0.5) is 0 Å². The summed E-state index contributed by atoms with van der Waals surface area (Å²) in [6.07, 6.45) is 4.22. The van der Waals surface area contributed by atoms with E-state index in [0.29, 0.717) is 6.61 Å². The molecule has 1 unspecified atom stereocenters. The molecule has 0 fully saturated rings. The van der Waals surface area contributed by atoms with E-state index in [-0.39, 0.29) is 5.38 Å². The monoisotopic (exact) mass is 176 g/mol. The molecule has 0 bridgehead atoms. The third kappa shape index (κ3) is 6.39. The summed E-state index contributed by atoms with van der Waals surface area (Å²) in [5.74, 6) is 0. The van der Waals surface area contributed by atoms with Gasteiger partial charge in [0.2, 0.25) is 0 Å². The molecule has 0 aliphatic carbocycles. The van der Waals surface area contributed by atoms with Gasteiger partial charge in [-0.1, -0.05) is 18.6 Å². The standard InChI is InChI=1S/C9H17ClO/c1-4-5-8(2)6-9(10)7-11-3/h5,9H,4,6-7H2,1-3H3. The average molecular weight is 177 g/mol. The maximum atomic E-state index is 5.95. The second-order valence-corrected chi connectivity index (χ2v) is 3.33. The van der Waals surface area contributed by atoms with Crippen LogP contribution in [0.1, 0.15) is 26.7 Å². The topological polar surface area (TPSA) is 9.23 Å². The first-order chi connectivity index (χ1) is 5.20. The molecule has 0 N–H and O–H groups in total. The van der Waals surface area contributed by atoms with Crippen LogP contribution in [0.5, 0.6) is 0 Å². The van der Waals surface area contributed by atoms with Crippen molar-refractivity contribution in [3.8, 4) is 0 Å². The van der Waals surface area contributed by atoms with Gasteiger partial charge in [-0.2, -0.15) is 0 Å². The summed E-state index contributed by atoms with van der Waals surface area (Å²) in [7, 11) is 1.67. The number of rotatable bonds is 5. The van der Waals surface area contributed by atoms with Gasteiger partial charge in [0.05, 0.1) is 12.0 Å². The quantitative estimate of drug-likeness (QED) is 0.462. The Kier molecular flexibility index (Phi) is 6.68. The van der Waals surface area contributed by atoms with E-state index in [9.17, 15) is 0 Å². The van der Waals surface area contributed by atoms with Gasteiger partial charge >= 0.3 is 0 Å². The fraction of sp³-hybridized carbons (Fsp3) is 0.778. The van der Waals surface area contributed by atoms with Crippen molar-refractivity contribution in [1.29, 1.82) is 0 Å². The molecule has 0 saturated carbocycles. The molecule has 11 heavy (non-hydrogen) atoms. The highest BCUT2D eigenvalue weighted by Crippen LogP contribution is 2.10. The molecule has 0 aliphatic heterocycles. The molecule has 1 atom stereocenters. The zero-order valence-corrected chi connectivity index (χ0v) is 8.32. The molecule has 0 aromatic rings. The van der Waals surface area contributed by atoms with Crippen molar-refractivity contribution in [2.24, 2.45) is 0 Å². The van der Waals surface area contributed by atoms with Gasteiger partial charge in [-0.05, 0) is 19.8 Å². The van der Waals surface area contributed by atoms with Crippen LogP contribution in [0.15, 0.2) is 11.6 Å². The predicted octanol–water partition coefficient (Wildman–Crippen LogP) is 2.99. The largest absolute Gasteiger partial charge is 0.383 e. The van der Waals surface area contributed by atoms with Gasteiger partial charge < -0.3 is 4.74 Å². The van der Waals surface area contributed by atoms with E-state index < -0.39 is 0 Å². The van der Waals surface area contributed by atoms with E-state index in [1.807, 2.05) is 0 Å². The van der Waals surface area contributed by atoms with Gasteiger partial charge in [-0.3, -0.25) is 0 Å². The highest BCUT2D eigenvalue weighted by Gasteiger charge is 2.03. The third-order valence-corrected chi connectivity index (χ3v) is 1.72. The first-order valence-electron chi connectivity index (χ1n) is 3.99. The maximum absolute atomic E-state index is 5.95. The van der Waals surface area contributed by atoms with Crippen molar-refractivity contribution in [1.82, 2.24) is 0 Å². The lowest BCUT2D eigenvalue weighted by molar-refractivity contribution is 0.197. The molecule has 0 rings (SSSR count).